The third-order valence-corrected chi connectivity index (χ3v) is 12.5. The van der Waals surface area contributed by atoms with E-state index in [1.807, 2.05) is 27.7 Å². The van der Waals surface area contributed by atoms with Crippen LogP contribution in [-0.2, 0) is 19.2 Å². The van der Waals surface area contributed by atoms with Crippen molar-refractivity contribution in [1.29, 1.82) is 0 Å². The number of nitrogens with zero attached hydrogens (tertiary/aromatic N) is 4. The third-order valence-electron chi connectivity index (χ3n) is 12.5. The summed E-state index contributed by atoms with van der Waals surface area (Å²) in [6.07, 6.45) is 15.0. The summed E-state index contributed by atoms with van der Waals surface area (Å²) in [5, 5.41) is 21.9. The van der Waals surface area contributed by atoms with E-state index in [0.29, 0.717) is 88.9 Å². The largest absolute Gasteiger partial charge is 0.494 e. The molecule has 452 valence electrons. The molecule has 2 aromatic carbocycles. The van der Waals surface area contributed by atoms with Gasteiger partial charge < -0.3 is 52.0 Å². The molecule has 0 fully saturated rings. The molecule has 86 heavy (non-hydrogen) atoms. The van der Waals surface area contributed by atoms with E-state index < -0.39 is 23.6 Å². The highest BCUT2D eigenvalue weighted by molar-refractivity contribution is 6.10. The van der Waals surface area contributed by atoms with Crippen LogP contribution in [0.3, 0.4) is 0 Å². The van der Waals surface area contributed by atoms with Gasteiger partial charge in [0, 0.05) is 47.9 Å². The van der Waals surface area contributed by atoms with Gasteiger partial charge in [0.15, 0.2) is 0 Å². The molecule has 4 aromatic heterocycles. The summed E-state index contributed by atoms with van der Waals surface area (Å²) in [6.45, 7) is 8.22. The highest BCUT2D eigenvalue weighted by Gasteiger charge is 2.19. The zero-order valence-electron chi connectivity index (χ0n) is 49.1. The van der Waals surface area contributed by atoms with Crippen LogP contribution < -0.4 is 52.0 Å². The number of allylic oxidation sites excluding steroid dienone is 2. The lowest BCUT2D eigenvalue weighted by atomic mass is 10.1. The summed E-state index contributed by atoms with van der Waals surface area (Å²) in [5.41, 5.74) is 0.522. The van der Waals surface area contributed by atoms with Crippen LogP contribution in [0.15, 0.2) is 121 Å². The number of carbonyl (C=O) groups excluding carboxylic acids is 8. The Morgan fingerprint density at radius 1 is 0.337 bits per heavy atom. The van der Waals surface area contributed by atoms with Crippen LogP contribution in [0.2, 0.25) is 0 Å². The average Bonchev–Trinajstić information content (AvgIpc) is 3.08. The first-order valence-corrected chi connectivity index (χ1v) is 29.2. The molecular weight excluding hydrogens is 1100 g/mol. The molecule has 0 atom stereocenters. The van der Waals surface area contributed by atoms with Gasteiger partial charge in [0.2, 0.25) is 23.6 Å². The van der Waals surface area contributed by atoms with Crippen molar-refractivity contribution in [3.05, 3.63) is 144 Å². The monoisotopic (exact) mass is 1170 g/mol. The summed E-state index contributed by atoms with van der Waals surface area (Å²) >= 11 is 0. The summed E-state index contributed by atoms with van der Waals surface area (Å²) < 4.78 is 12.2. The van der Waals surface area contributed by atoms with E-state index in [9.17, 15) is 38.4 Å². The maximum Gasteiger partial charge on any atom is 0.256 e. The number of ether oxygens (including phenoxy) is 2. The number of rotatable bonds is 34. The Morgan fingerprint density at radius 2 is 0.581 bits per heavy atom. The third kappa shape index (κ3) is 23.1. The van der Waals surface area contributed by atoms with Crippen molar-refractivity contribution in [2.75, 3.05) is 55.7 Å². The molecule has 22 heteroatoms. The van der Waals surface area contributed by atoms with Gasteiger partial charge in [-0.1, -0.05) is 64.1 Å². The smallest absolute Gasteiger partial charge is 0.256 e. The molecule has 8 N–H and O–H groups in total. The Morgan fingerprint density at radius 3 is 0.826 bits per heavy atom. The molecule has 6 rings (SSSR count). The van der Waals surface area contributed by atoms with Crippen LogP contribution >= 0.6 is 0 Å². The van der Waals surface area contributed by atoms with Crippen LogP contribution in [0.1, 0.15) is 172 Å². The lowest BCUT2D eigenvalue weighted by Gasteiger charge is -2.13. The molecule has 0 spiro atoms. The highest BCUT2D eigenvalue weighted by Crippen LogP contribution is 2.24. The van der Waals surface area contributed by atoms with Crippen molar-refractivity contribution >= 4 is 93.8 Å². The lowest BCUT2D eigenvalue weighted by molar-refractivity contribution is -0.117. The second-order valence-electron chi connectivity index (χ2n) is 20.0. The number of benzene rings is 2. The van der Waals surface area contributed by atoms with Crippen molar-refractivity contribution in [3.8, 4) is 11.5 Å². The molecule has 0 bridgehead atoms. The number of aromatic nitrogens is 4. The normalized spacial score (nSPS) is 10.8. The maximum atomic E-state index is 13.7. The minimum absolute atomic E-state index is 0.130. The Balaban J connectivity index is 0.983. The number of nitrogens with one attached hydrogen (secondary N) is 8. The summed E-state index contributed by atoms with van der Waals surface area (Å²) in [4.78, 5) is 121. The minimum atomic E-state index is -0.558. The van der Waals surface area contributed by atoms with E-state index in [1.54, 1.807) is 97.1 Å². The van der Waals surface area contributed by atoms with Gasteiger partial charge in [0.25, 0.3) is 23.6 Å². The van der Waals surface area contributed by atoms with Gasteiger partial charge in [-0.3, -0.25) is 38.4 Å². The number of pyridine rings is 4. The number of unbranched alkanes of at least 4 members (excludes halogenated alkanes) is 6. The molecule has 22 nitrogen and oxygen atoms in total. The molecule has 6 aromatic rings. The van der Waals surface area contributed by atoms with Gasteiger partial charge >= 0.3 is 0 Å². The standard InChI is InChI=1S/C64H76N12O10/c1-5-23-57(77)69-49-27-19-31-53(65-49)73-61(81)43-37-44(62(82)74-54-32-20-28-50(66-54)70-58(78)24-6-2)40-47(39-43)85-35-17-15-13-11-9-10-12-14-16-18-36-86-48-41-45(63(83)75-55-33-21-29-51(67-55)71-59(79)25-7-3)38-46(42-48)64(84)76-56-34-22-30-52(68-56)72-60(80)26-8-4/h9-10,19-22,27-34,37-42H,5-8,11-18,23-26,35-36H2,1-4H3,(H2,65,69,73,77,81)(H2,66,70,74,78,82)(H2,67,71,75,79,83)(H2,68,72,76,80,84)/b10-9+. The van der Waals surface area contributed by atoms with Crippen LogP contribution in [0.5, 0.6) is 11.5 Å². The van der Waals surface area contributed by atoms with E-state index in [4.69, 9.17) is 9.47 Å². The van der Waals surface area contributed by atoms with E-state index in [2.05, 4.69) is 74.6 Å². The first kappa shape index (κ1) is 65.3. The number of anilines is 8. The van der Waals surface area contributed by atoms with Crippen LogP contribution in [0.25, 0.3) is 0 Å². The van der Waals surface area contributed by atoms with E-state index >= 15 is 0 Å². The van der Waals surface area contributed by atoms with Gasteiger partial charge in [-0.15, -0.1) is 0 Å². The van der Waals surface area contributed by atoms with Gasteiger partial charge in [-0.2, -0.15) is 0 Å². The van der Waals surface area contributed by atoms with Crippen molar-refractivity contribution in [1.82, 2.24) is 19.9 Å². The van der Waals surface area contributed by atoms with E-state index in [1.165, 1.54) is 12.1 Å². The Bertz CT molecular complexity index is 2930. The Hall–Kier alpha value is -9.86. The fourth-order valence-corrected chi connectivity index (χ4v) is 8.37. The number of carbonyl (C=O) groups is 8. The van der Waals surface area contributed by atoms with Crippen molar-refractivity contribution in [3.63, 3.8) is 0 Å². The second kappa shape index (κ2) is 35.3. The zero-order valence-corrected chi connectivity index (χ0v) is 49.1. The summed E-state index contributed by atoms with van der Waals surface area (Å²) in [6, 6.07) is 28.5. The number of amides is 8. The SMILES string of the molecule is CCCC(=O)Nc1cccc(NC(=O)c2cc(OCCCCC/C=C/CCCCCOc3cc(C(=O)Nc4cccc(NC(=O)CCC)n4)cc(C(=O)Nc4cccc(NC(=O)CCC)n4)c3)cc(C(=O)Nc3cccc(NC(=O)CCC)n3)c2)n1. The molecule has 0 radical (unpaired) electrons. The first-order chi connectivity index (χ1) is 41.7. The Labute approximate surface area is 501 Å². The molecule has 0 aliphatic heterocycles. The average molecular weight is 1170 g/mol. The molecule has 0 aliphatic carbocycles. The van der Waals surface area contributed by atoms with Crippen molar-refractivity contribution in [2.45, 2.75) is 130 Å². The summed E-state index contributed by atoms with van der Waals surface area (Å²) in [5.74, 6) is -0.514. The van der Waals surface area contributed by atoms with Gasteiger partial charge in [0.05, 0.1) is 13.2 Å². The first-order valence-electron chi connectivity index (χ1n) is 29.2. The zero-order chi connectivity index (χ0) is 61.5. The molecular formula is C64H76N12O10. The van der Waals surface area contributed by atoms with Crippen molar-refractivity contribution < 1.29 is 47.8 Å². The predicted molar refractivity (Wildman–Crippen MR) is 333 cm³/mol. The lowest BCUT2D eigenvalue weighted by Crippen LogP contribution is -2.18. The van der Waals surface area contributed by atoms with Crippen LogP contribution in [-0.4, -0.2) is 80.4 Å². The number of hydrogen-bond donors (Lipinski definition) is 8. The van der Waals surface area contributed by atoms with Crippen molar-refractivity contribution in [2.24, 2.45) is 0 Å². The fourth-order valence-electron chi connectivity index (χ4n) is 8.37. The van der Waals surface area contributed by atoms with Gasteiger partial charge in [0.1, 0.15) is 58.0 Å². The predicted octanol–water partition coefficient (Wildman–Crippen LogP) is 12.4. The molecule has 0 aliphatic rings. The van der Waals surface area contributed by atoms with Crippen LogP contribution in [0.4, 0.5) is 46.5 Å². The molecule has 4 heterocycles. The summed E-state index contributed by atoms with van der Waals surface area (Å²) in [7, 11) is 0. The second-order valence-corrected chi connectivity index (χ2v) is 20.0. The quantitative estimate of drug-likeness (QED) is 0.0138. The molecule has 8 amide bonds. The van der Waals surface area contributed by atoms with Crippen LogP contribution in [0, 0.1) is 0 Å². The van der Waals surface area contributed by atoms with E-state index in [0.717, 1.165) is 38.5 Å². The molecule has 0 saturated carbocycles. The highest BCUT2D eigenvalue weighted by atomic mass is 16.5. The van der Waals surface area contributed by atoms with E-state index in [-0.39, 0.29) is 92.4 Å². The topological polar surface area (TPSA) is 303 Å². The molecule has 0 saturated heterocycles. The minimum Gasteiger partial charge on any atom is -0.494 e. The van der Waals surface area contributed by atoms with Gasteiger partial charge in [-0.25, -0.2) is 19.9 Å². The van der Waals surface area contributed by atoms with Gasteiger partial charge in [-0.05, 0) is 162 Å². The number of hydrogen-bond acceptors (Lipinski definition) is 14. The molecule has 0 unspecified atom stereocenters. The Kier molecular flexibility index (Phi) is 26.8. The maximum absolute atomic E-state index is 13.7. The fraction of sp³-hybridized carbons (Fsp3) is 0.344.